The molecule has 106 valence electrons. The number of hydrogen-bond acceptors (Lipinski definition) is 1. The standard InChI is InChI=1S/C17H26FN/c1-12(2)14-6-4-7-15(11-10-14)19-17-9-5-8-16(18)13(17)3/h5,8-9,12,14-15,19H,4,6-7,10-11H2,1-3H3. The smallest absolute Gasteiger partial charge is 0.128 e. The molecular formula is C17H26FN. The fourth-order valence-corrected chi connectivity index (χ4v) is 3.13. The van der Waals surface area contributed by atoms with Crippen molar-refractivity contribution in [3.63, 3.8) is 0 Å². The van der Waals surface area contributed by atoms with E-state index in [-0.39, 0.29) is 5.82 Å². The zero-order chi connectivity index (χ0) is 13.8. The molecule has 0 aliphatic heterocycles. The van der Waals surface area contributed by atoms with E-state index in [9.17, 15) is 4.39 Å². The van der Waals surface area contributed by atoms with Gasteiger partial charge in [-0.15, -0.1) is 0 Å². The minimum atomic E-state index is -0.112. The number of halogens is 1. The molecule has 1 saturated carbocycles. The van der Waals surface area contributed by atoms with Crippen molar-refractivity contribution < 1.29 is 4.39 Å². The average molecular weight is 263 g/mol. The van der Waals surface area contributed by atoms with Crippen molar-refractivity contribution in [3.8, 4) is 0 Å². The fraction of sp³-hybridized carbons (Fsp3) is 0.647. The molecule has 0 aromatic heterocycles. The maximum absolute atomic E-state index is 13.5. The molecule has 1 aromatic carbocycles. The van der Waals surface area contributed by atoms with Crippen LogP contribution < -0.4 is 5.32 Å². The van der Waals surface area contributed by atoms with E-state index in [1.165, 1.54) is 38.2 Å². The van der Waals surface area contributed by atoms with Crippen molar-refractivity contribution in [2.24, 2.45) is 11.8 Å². The largest absolute Gasteiger partial charge is 0.382 e. The second kappa shape index (κ2) is 6.40. The summed E-state index contributed by atoms with van der Waals surface area (Å²) in [5.41, 5.74) is 1.71. The zero-order valence-electron chi connectivity index (χ0n) is 12.4. The van der Waals surface area contributed by atoms with Gasteiger partial charge in [0.05, 0.1) is 0 Å². The molecule has 0 radical (unpaired) electrons. The summed E-state index contributed by atoms with van der Waals surface area (Å²) in [5.74, 6) is 1.54. The second-order valence-corrected chi connectivity index (χ2v) is 6.27. The third-order valence-corrected chi connectivity index (χ3v) is 4.58. The summed E-state index contributed by atoms with van der Waals surface area (Å²) < 4.78 is 13.5. The molecule has 1 aliphatic carbocycles. The lowest BCUT2D eigenvalue weighted by molar-refractivity contribution is 0.341. The molecule has 2 atom stereocenters. The minimum Gasteiger partial charge on any atom is -0.382 e. The molecule has 0 saturated heterocycles. The number of benzene rings is 1. The first-order chi connectivity index (χ1) is 9.08. The summed E-state index contributed by atoms with van der Waals surface area (Å²) in [5, 5.41) is 3.55. The van der Waals surface area contributed by atoms with Crippen molar-refractivity contribution in [2.75, 3.05) is 5.32 Å². The molecule has 2 heteroatoms. The highest BCUT2D eigenvalue weighted by molar-refractivity contribution is 5.51. The molecule has 0 bridgehead atoms. The summed E-state index contributed by atoms with van der Waals surface area (Å²) in [7, 11) is 0. The van der Waals surface area contributed by atoms with Crippen molar-refractivity contribution in [3.05, 3.63) is 29.6 Å². The first-order valence-electron chi connectivity index (χ1n) is 7.59. The highest BCUT2D eigenvalue weighted by atomic mass is 19.1. The lowest BCUT2D eigenvalue weighted by Crippen LogP contribution is -2.19. The van der Waals surface area contributed by atoms with Gasteiger partial charge in [-0.1, -0.05) is 32.8 Å². The fourth-order valence-electron chi connectivity index (χ4n) is 3.13. The Hall–Kier alpha value is -1.05. The quantitative estimate of drug-likeness (QED) is 0.743. The van der Waals surface area contributed by atoms with Crippen LogP contribution >= 0.6 is 0 Å². The van der Waals surface area contributed by atoms with E-state index in [0.29, 0.717) is 6.04 Å². The van der Waals surface area contributed by atoms with E-state index in [2.05, 4.69) is 19.2 Å². The van der Waals surface area contributed by atoms with E-state index < -0.39 is 0 Å². The van der Waals surface area contributed by atoms with Crippen molar-refractivity contribution in [1.29, 1.82) is 0 Å². The van der Waals surface area contributed by atoms with E-state index in [1.807, 2.05) is 13.0 Å². The second-order valence-electron chi connectivity index (χ2n) is 6.27. The van der Waals surface area contributed by atoms with Crippen LogP contribution in [0.3, 0.4) is 0 Å². The Balaban J connectivity index is 1.98. The van der Waals surface area contributed by atoms with Crippen LogP contribution in [0, 0.1) is 24.6 Å². The van der Waals surface area contributed by atoms with Gasteiger partial charge in [0, 0.05) is 17.3 Å². The Bertz CT molecular complexity index is 414. The van der Waals surface area contributed by atoms with Crippen LogP contribution in [0.4, 0.5) is 10.1 Å². The predicted octanol–water partition coefficient (Wildman–Crippen LogP) is 5.15. The van der Waals surface area contributed by atoms with E-state index in [0.717, 1.165) is 23.1 Å². The number of nitrogens with one attached hydrogen (secondary N) is 1. The molecule has 1 fully saturated rings. The van der Waals surface area contributed by atoms with Crippen molar-refractivity contribution in [1.82, 2.24) is 0 Å². The Labute approximate surface area is 116 Å². The van der Waals surface area contributed by atoms with Crippen LogP contribution in [-0.4, -0.2) is 6.04 Å². The SMILES string of the molecule is Cc1c(F)cccc1NC1CCCC(C(C)C)CC1. The zero-order valence-corrected chi connectivity index (χ0v) is 12.4. The molecule has 0 spiro atoms. The van der Waals surface area contributed by atoms with Gasteiger partial charge in [-0.05, 0) is 50.2 Å². The molecule has 0 amide bonds. The van der Waals surface area contributed by atoms with Gasteiger partial charge >= 0.3 is 0 Å². The Kier molecular flexibility index (Phi) is 4.84. The minimum absolute atomic E-state index is 0.112. The van der Waals surface area contributed by atoms with Crippen LogP contribution in [0.15, 0.2) is 18.2 Å². The lowest BCUT2D eigenvalue weighted by atomic mass is 9.89. The van der Waals surface area contributed by atoms with E-state index in [1.54, 1.807) is 6.07 Å². The summed E-state index contributed by atoms with van der Waals surface area (Å²) in [6.45, 7) is 6.51. The summed E-state index contributed by atoms with van der Waals surface area (Å²) in [6, 6.07) is 5.81. The molecule has 1 aromatic rings. The highest BCUT2D eigenvalue weighted by Gasteiger charge is 2.21. The molecule has 1 aliphatic rings. The number of hydrogen-bond donors (Lipinski definition) is 1. The maximum atomic E-state index is 13.5. The third-order valence-electron chi connectivity index (χ3n) is 4.58. The molecule has 19 heavy (non-hydrogen) atoms. The lowest BCUT2D eigenvalue weighted by Gasteiger charge is -2.20. The number of anilines is 1. The third kappa shape index (κ3) is 3.71. The van der Waals surface area contributed by atoms with Gasteiger partial charge in [-0.3, -0.25) is 0 Å². The van der Waals surface area contributed by atoms with Crippen LogP contribution in [0.5, 0.6) is 0 Å². The molecule has 2 rings (SSSR count). The molecule has 1 nitrogen and oxygen atoms in total. The number of rotatable bonds is 3. The molecular weight excluding hydrogens is 237 g/mol. The van der Waals surface area contributed by atoms with E-state index in [4.69, 9.17) is 0 Å². The predicted molar refractivity (Wildman–Crippen MR) is 80.0 cm³/mol. The Morgan fingerprint density at radius 3 is 2.68 bits per heavy atom. The maximum Gasteiger partial charge on any atom is 0.128 e. The van der Waals surface area contributed by atoms with Gasteiger partial charge in [-0.2, -0.15) is 0 Å². The monoisotopic (exact) mass is 263 g/mol. The first kappa shape index (κ1) is 14.4. The van der Waals surface area contributed by atoms with Gasteiger partial charge < -0.3 is 5.32 Å². The van der Waals surface area contributed by atoms with Gasteiger partial charge in [0.25, 0.3) is 0 Å². The van der Waals surface area contributed by atoms with Crippen LogP contribution in [0.1, 0.15) is 51.5 Å². The van der Waals surface area contributed by atoms with Crippen LogP contribution in [-0.2, 0) is 0 Å². The summed E-state index contributed by atoms with van der Waals surface area (Å²) in [6.07, 6.45) is 6.34. The molecule has 1 N–H and O–H groups in total. The summed E-state index contributed by atoms with van der Waals surface area (Å²) in [4.78, 5) is 0. The van der Waals surface area contributed by atoms with Gasteiger partial charge in [0.2, 0.25) is 0 Å². The molecule has 0 heterocycles. The van der Waals surface area contributed by atoms with Crippen LogP contribution in [0.2, 0.25) is 0 Å². The first-order valence-corrected chi connectivity index (χ1v) is 7.59. The molecule has 2 unspecified atom stereocenters. The van der Waals surface area contributed by atoms with Gasteiger partial charge in [0.1, 0.15) is 5.82 Å². The highest BCUT2D eigenvalue weighted by Crippen LogP contribution is 2.30. The van der Waals surface area contributed by atoms with E-state index >= 15 is 0 Å². The summed E-state index contributed by atoms with van der Waals surface area (Å²) >= 11 is 0. The van der Waals surface area contributed by atoms with Gasteiger partial charge in [-0.25, -0.2) is 4.39 Å². The Morgan fingerprint density at radius 1 is 1.16 bits per heavy atom. The Morgan fingerprint density at radius 2 is 1.95 bits per heavy atom. The topological polar surface area (TPSA) is 12.0 Å². The van der Waals surface area contributed by atoms with Crippen molar-refractivity contribution in [2.45, 2.75) is 58.9 Å². The van der Waals surface area contributed by atoms with Crippen LogP contribution in [0.25, 0.3) is 0 Å². The van der Waals surface area contributed by atoms with Gasteiger partial charge in [0.15, 0.2) is 0 Å². The van der Waals surface area contributed by atoms with Crippen molar-refractivity contribution >= 4 is 5.69 Å². The average Bonchev–Trinajstić information content (AvgIpc) is 2.60. The normalized spacial score (nSPS) is 24.3.